The molecule has 2 aromatic rings. The second kappa shape index (κ2) is 7.37. The number of nitrogens with one attached hydrogen (secondary N) is 1. The minimum atomic E-state index is -0.0571. The molecule has 1 amide bonds. The van der Waals surface area contributed by atoms with E-state index < -0.39 is 0 Å². The molecule has 138 valence electrons. The van der Waals surface area contributed by atoms with E-state index in [2.05, 4.69) is 10.3 Å². The van der Waals surface area contributed by atoms with Gasteiger partial charge in [0.05, 0.1) is 7.11 Å². The van der Waals surface area contributed by atoms with Crippen molar-refractivity contribution in [2.75, 3.05) is 7.11 Å². The first-order valence-corrected chi connectivity index (χ1v) is 10.2. The second-order valence-corrected chi connectivity index (χ2v) is 8.31. The summed E-state index contributed by atoms with van der Waals surface area (Å²) in [6.45, 7) is 0. The predicted molar refractivity (Wildman–Crippen MR) is 103 cm³/mol. The Kier molecular flexibility index (Phi) is 4.96. The average Bonchev–Trinajstić information content (AvgIpc) is 3.13. The Hall–Kier alpha value is -1.92. The zero-order chi connectivity index (χ0) is 18.1. The largest absolute Gasteiger partial charge is 0.497 e. The highest BCUT2D eigenvalue weighted by molar-refractivity contribution is 7.13. The van der Waals surface area contributed by atoms with Gasteiger partial charge >= 0.3 is 0 Å². The molecule has 0 spiro atoms. The molecule has 1 aromatic carbocycles. The number of amides is 1. The Bertz CT molecular complexity index is 760. The topological polar surface area (TPSA) is 77.2 Å². The number of nitrogens with two attached hydrogens (primary N) is 1. The van der Waals surface area contributed by atoms with Crippen molar-refractivity contribution in [2.45, 2.75) is 44.2 Å². The van der Waals surface area contributed by atoms with Crippen molar-refractivity contribution in [2.24, 2.45) is 17.6 Å². The molecule has 0 saturated heterocycles. The van der Waals surface area contributed by atoms with Crippen LogP contribution in [0.2, 0.25) is 0 Å². The van der Waals surface area contributed by atoms with Gasteiger partial charge in [0.25, 0.3) is 5.91 Å². The zero-order valence-corrected chi connectivity index (χ0v) is 15.8. The summed E-state index contributed by atoms with van der Waals surface area (Å²) in [5, 5.41) is 5.97. The third kappa shape index (κ3) is 3.48. The smallest absolute Gasteiger partial charge is 0.271 e. The van der Waals surface area contributed by atoms with Crippen LogP contribution in [0.4, 0.5) is 0 Å². The van der Waals surface area contributed by atoms with E-state index >= 15 is 0 Å². The van der Waals surface area contributed by atoms with Crippen molar-refractivity contribution >= 4 is 17.2 Å². The van der Waals surface area contributed by atoms with Crippen molar-refractivity contribution in [3.8, 4) is 16.3 Å². The van der Waals surface area contributed by atoms with Crippen LogP contribution in [-0.2, 0) is 0 Å². The number of methoxy groups -OCH3 is 1. The van der Waals surface area contributed by atoms with Crippen molar-refractivity contribution in [1.29, 1.82) is 0 Å². The van der Waals surface area contributed by atoms with Crippen molar-refractivity contribution < 1.29 is 9.53 Å². The van der Waals surface area contributed by atoms with Gasteiger partial charge in [-0.1, -0.05) is 6.42 Å². The number of fused-ring (bicyclic) bond motifs is 2. The van der Waals surface area contributed by atoms with E-state index in [0.717, 1.165) is 29.2 Å². The van der Waals surface area contributed by atoms with E-state index in [1.54, 1.807) is 7.11 Å². The minimum absolute atomic E-state index is 0.0571. The first kappa shape index (κ1) is 17.5. The molecule has 6 heteroatoms. The van der Waals surface area contributed by atoms with Crippen molar-refractivity contribution in [1.82, 2.24) is 10.3 Å². The van der Waals surface area contributed by atoms with Gasteiger partial charge in [-0.15, -0.1) is 11.3 Å². The van der Waals surface area contributed by atoms with E-state index in [1.807, 2.05) is 29.6 Å². The molecule has 2 fully saturated rings. The van der Waals surface area contributed by atoms with Crippen LogP contribution in [-0.4, -0.2) is 30.1 Å². The Morgan fingerprint density at radius 3 is 2.58 bits per heavy atom. The summed E-state index contributed by atoms with van der Waals surface area (Å²) >= 11 is 1.50. The lowest BCUT2D eigenvalue weighted by atomic mass is 9.67. The number of aromatic nitrogens is 1. The van der Waals surface area contributed by atoms with Crippen LogP contribution in [0.15, 0.2) is 29.6 Å². The van der Waals surface area contributed by atoms with Gasteiger partial charge in [-0.25, -0.2) is 4.98 Å². The van der Waals surface area contributed by atoms with Crippen molar-refractivity contribution in [3.05, 3.63) is 35.3 Å². The highest BCUT2D eigenvalue weighted by atomic mass is 32.1. The molecule has 0 aliphatic heterocycles. The molecule has 1 heterocycles. The number of carbonyl (C=O) groups excluding carboxylic acids is 1. The number of benzene rings is 1. The van der Waals surface area contributed by atoms with Crippen LogP contribution in [0, 0.1) is 11.8 Å². The summed E-state index contributed by atoms with van der Waals surface area (Å²) < 4.78 is 5.19. The van der Waals surface area contributed by atoms with Crippen LogP contribution in [0.3, 0.4) is 0 Å². The summed E-state index contributed by atoms with van der Waals surface area (Å²) in [7, 11) is 1.65. The third-order valence-corrected chi connectivity index (χ3v) is 6.64. The van der Waals surface area contributed by atoms with Crippen LogP contribution >= 0.6 is 11.3 Å². The summed E-state index contributed by atoms with van der Waals surface area (Å²) in [6, 6.07) is 8.28. The monoisotopic (exact) mass is 371 g/mol. The fourth-order valence-corrected chi connectivity index (χ4v) is 5.30. The van der Waals surface area contributed by atoms with Crippen LogP contribution < -0.4 is 15.8 Å². The highest BCUT2D eigenvalue weighted by Gasteiger charge is 2.40. The molecule has 1 aromatic heterocycles. The Morgan fingerprint density at radius 1 is 1.23 bits per heavy atom. The maximum Gasteiger partial charge on any atom is 0.271 e. The first-order chi connectivity index (χ1) is 12.6. The Labute approximate surface area is 158 Å². The quantitative estimate of drug-likeness (QED) is 0.863. The van der Waals surface area contributed by atoms with Crippen LogP contribution in [0.25, 0.3) is 10.6 Å². The molecule has 4 rings (SSSR count). The maximum atomic E-state index is 12.8. The lowest BCUT2D eigenvalue weighted by Crippen LogP contribution is -2.53. The average molecular weight is 372 g/mol. The number of hydrogen-bond acceptors (Lipinski definition) is 5. The Balaban J connectivity index is 1.46. The van der Waals surface area contributed by atoms with E-state index in [1.165, 1.54) is 30.6 Å². The normalized spacial score (nSPS) is 27.8. The van der Waals surface area contributed by atoms with E-state index in [9.17, 15) is 4.79 Å². The van der Waals surface area contributed by atoms with E-state index in [4.69, 9.17) is 10.5 Å². The van der Waals surface area contributed by atoms with Gasteiger partial charge < -0.3 is 15.8 Å². The van der Waals surface area contributed by atoms with Crippen LogP contribution in [0.5, 0.6) is 5.75 Å². The molecule has 0 radical (unpaired) electrons. The number of rotatable bonds is 4. The molecule has 2 unspecified atom stereocenters. The fourth-order valence-electron chi connectivity index (χ4n) is 4.49. The van der Waals surface area contributed by atoms with Gasteiger partial charge in [-0.05, 0) is 61.8 Å². The van der Waals surface area contributed by atoms with Gasteiger partial charge in [0.15, 0.2) is 0 Å². The SMILES string of the molecule is COc1ccc(-c2nc(C(=O)NC3C4CCCC3CC(N)C4)cs2)cc1. The van der Waals surface area contributed by atoms with Crippen molar-refractivity contribution in [3.63, 3.8) is 0 Å². The van der Waals surface area contributed by atoms with Gasteiger partial charge in [0, 0.05) is 23.0 Å². The lowest BCUT2D eigenvalue weighted by molar-refractivity contribution is 0.0752. The summed E-state index contributed by atoms with van der Waals surface area (Å²) in [5.41, 5.74) is 7.69. The number of hydrogen-bond donors (Lipinski definition) is 2. The maximum absolute atomic E-state index is 12.8. The molecular formula is C20H25N3O2S. The van der Waals surface area contributed by atoms with Gasteiger partial charge in [0.1, 0.15) is 16.5 Å². The zero-order valence-electron chi connectivity index (χ0n) is 15.0. The number of ether oxygens (including phenoxy) is 1. The summed E-state index contributed by atoms with van der Waals surface area (Å²) in [4.78, 5) is 17.3. The van der Waals surface area contributed by atoms with E-state index in [-0.39, 0.29) is 11.9 Å². The number of thiazole rings is 1. The Morgan fingerprint density at radius 2 is 1.92 bits per heavy atom. The highest BCUT2D eigenvalue weighted by Crippen LogP contribution is 2.39. The predicted octanol–water partition coefficient (Wildman–Crippen LogP) is 3.45. The molecule has 2 aliphatic carbocycles. The molecule has 2 aliphatic rings. The molecule has 2 bridgehead atoms. The molecule has 2 atom stereocenters. The second-order valence-electron chi connectivity index (χ2n) is 7.45. The number of nitrogens with zero attached hydrogens (tertiary/aromatic N) is 1. The first-order valence-electron chi connectivity index (χ1n) is 9.30. The molecular weight excluding hydrogens is 346 g/mol. The van der Waals surface area contributed by atoms with E-state index in [0.29, 0.717) is 23.6 Å². The molecule has 3 N–H and O–H groups in total. The molecule has 5 nitrogen and oxygen atoms in total. The number of carbonyl (C=O) groups is 1. The van der Waals surface area contributed by atoms with Crippen LogP contribution in [0.1, 0.15) is 42.6 Å². The van der Waals surface area contributed by atoms with Gasteiger partial charge in [0.2, 0.25) is 0 Å². The standard InChI is InChI=1S/C20H25N3O2S/c1-25-16-7-5-12(6-8-16)20-22-17(11-26-20)19(24)23-18-13-3-2-4-14(18)10-15(21)9-13/h5-8,11,13-15,18H,2-4,9-10,21H2,1H3,(H,23,24). The summed E-state index contributed by atoms with van der Waals surface area (Å²) in [5.74, 6) is 1.78. The minimum Gasteiger partial charge on any atom is -0.497 e. The molecule has 26 heavy (non-hydrogen) atoms. The molecule has 2 saturated carbocycles. The lowest BCUT2D eigenvalue weighted by Gasteiger charge is -2.45. The van der Waals surface area contributed by atoms with Gasteiger partial charge in [-0.2, -0.15) is 0 Å². The third-order valence-electron chi connectivity index (χ3n) is 5.75. The van der Waals surface area contributed by atoms with Gasteiger partial charge in [-0.3, -0.25) is 4.79 Å². The summed E-state index contributed by atoms with van der Waals surface area (Å²) in [6.07, 6.45) is 5.64. The fraction of sp³-hybridized carbons (Fsp3) is 0.500.